The molecule has 0 spiro atoms. The van der Waals surface area contributed by atoms with Gasteiger partial charge in [0.15, 0.2) is 0 Å². The summed E-state index contributed by atoms with van der Waals surface area (Å²) < 4.78 is 6.25. The van der Waals surface area contributed by atoms with E-state index in [0.29, 0.717) is 17.4 Å². The maximum absolute atomic E-state index is 12.6. The third kappa shape index (κ3) is 1.92. The van der Waals surface area contributed by atoms with Crippen LogP contribution < -0.4 is 16.9 Å². The maximum Gasteiger partial charge on any atom is 0.337 e. The lowest BCUT2D eigenvalue weighted by atomic mass is 10.1. The second-order valence-corrected chi connectivity index (χ2v) is 5.19. The van der Waals surface area contributed by atoms with Crippen molar-refractivity contribution < 1.29 is 4.42 Å². The number of H-pyrrole nitrogens is 1. The minimum atomic E-state index is -0.553. The van der Waals surface area contributed by atoms with Crippen molar-refractivity contribution in [2.45, 2.75) is 45.1 Å². The van der Waals surface area contributed by atoms with Gasteiger partial charge >= 0.3 is 11.3 Å². The quantitative estimate of drug-likeness (QED) is 0.896. The molecule has 0 saturated heterocycles. The number of rotatable bonds is 2. The maximum atomic E-state index is 12.6. The minimum Gasteiger partial charge on any atom is -0.405 e. The van der Waals surface area contributed by atoms with E-state index in [1.165, 1.54) is 10.6 Å². The van der Waals surface area contributed by atoms with Crippen molar-refractivity contribution in [2.24, 2.45) is 0 Å². The Bertz CT molecular complexity index is 822. The van der Waals surface area contributed by atoms with Crippen LogP contribution in [0.25, 0.3) is 11.1 Å². The largest absolute Gasteiger partial charge is 0.405 e. The Labute approximate surface area is 114 Å². The lowest BCUT2D eigenvalue weighted by Crippen LogP contribution is -2.38. The number of hydrogen-bond acceptors (Lipinski definition) is 4. The van der Waals surface area contributed by atoms with Gasteiger partial charge in [-0.15, -0.1) is 0 Å². The zero-order valence-corrected chi connectivity index (χ0v) is 11.3. The van der Waals surface area contributed by atoms with Crippen molar-refractivity contribution in [2.75, 3.05) is 0 Å². The molecule has 0 amide bonds. The zero-order chi connectivity index (χ0) is 14.3. The van der Waals surface area contributed by atoms with Crippen molar-refractivity contribution in [1.29, 1.82) is 0 Å². The van der Waals surface area contributed by atoms with Crippen LogP contribution in [0.4, 0.5) is 0 Å². The smallest absolute Gasteiger partial charge is 0.337 e. The molecule has 0 unspecified atom stereocenters. The highest BCUT2D eigenvalue weighted by molar-refractivity contribution is 5.75. The molecule has 2 aromatic heterocycles. The van der Waals surface area contributed by atoms with Gasteiger partial charge in [-0.2, -0.15) is 0 Å². The molecule has 6 heteroatoms. The molecule has 2 aromatic rings. The molecule has 1 saturated carbocycles. The summed E-state index contributed by atoms with van der Waals surface area (Å²) in [4.78, 5) is 38.7. The van der Waals surface area contributed by atoms with E-state index in [4.69, 9.17) is 4.42 Å². The molecular formula is C14H16N2O4. The average molecular weight is 276 g/mol. The van der Waals surface area contributed by atoms with Gasteiger partial charge in [-0.1, -0.05) is 19.8 Å². The molecule has 0 aromatic carbocycles. The standard InChI is InChI=1S/C14H16N2O4/c1-2-8-7-10(17)20-12-11(8)13(18)16(14(19)15-12)9-5-3-4-6-9/h7,9H,2-6H2,1H3,(H,15,19). The van der Waals surface area contributed by atoms with Crippen LogP contribution in [0, 0.1) is 0 Å². The van der Waals surface area contributed by atoms with E-state index in [2.05, 4.69) is 4.98 Å². The fraction of sp³-hybridized carbons (Fsp3) is 0.500. The molecule has 2 heterocycles. The molecule has 6 nitrogen and oxygen atoms in total. The van der Waals surface area contributed by atoms with Gasteiger partial charge in [0.2, 0.25) is 5.71 Å². The van der Waals surface area contributed by atoms with Crippen molar-refractivity contribution in [3.63, 3.8) is 0 Å². The predicted molar refractivity (Wildman–Crippen MR) is 74.2 cm³/mol. The first-order valence-electron chi connectivity index (χ1n) is 6.93. The van der Waals surface area contributed by atoms with Crippen LogP contribution in [0.5, 0.6) is 0 Å². The molecule has 1 fully saturated rings. The van der Waals surface area contributed by atoms with Gasteiger partial charge in [0, 0.05) is 12.1 Å². The van der Waals surface area contributed by atoms with Gasteiger partial charge in [-0.05, 0) is 24.8 Å². The van der Waals surface area contributed by atoms with Crippen LogP contribution in [-0.4, -0.2) is 9.55 Å². The second kappa shape index (κ2) is 4.77. The van der Waals surface area contributed by atoms with Gasteiger partial charge < -0.3 is 4.42 Å². The molecule has 3 rings (SSSR count). The van der Waals surface area contributed by atoms with E-state index in [1.807, 2.05) is 6.92 Å². The third-order valence-corrected chi connectivity index (χ3v) is 3.99. The highest BCUT2D eigenvalue weighted by Crippen LogP contribution is 2.27. The number of aromatic nitrogens is 2. The van der Waals surface area contributed by atoms with Crippen LogP contribution in [0.1, 0.15) is 44.2 Å². The van der Waals surface area contributed by atoms with E-state index >= 15 is 0 Å². The van der Waals surface area contributed by atoms with Crippen LogP contribution in [0.15, 0.2) is 24.9 Å². The van der Waals surface area contributed by atoms with Gasteiger partial charge in [-0.25, -0.2) is 9.59 Å². The fourth-order valence-corrected chi connectivity index (χ4v) is 3.01. The van der Waals surface area contributed by atoms with Crippen LogP contribution in [-0.2, 0) is 6.42 Å². The number of nitrogens with zero attached hydrogens (tertiary/aromatic N) is 1. The first-order valence-corrected chi connectivity index (χ1v) is 6.93. The second-order valence-electron chi connectivity index (χ2n) is 5.19. The molecule has 106 valence electrons. The summed E-state index contributed by atoms with van der Waals surface area (Å²) in [5.41, 5.74) is -0.798. The van der Waals surface area contributed by atoms with Crippen LogP contribution in [0.3, 0.4) is 0 Å². The number of nitrogens with one attached hydrogen (secondary N) is 1. The number of hydrogen-bond donors (Lipinski definition) is 1. The predicted octanol–water partition coefficient (Wildman–Crippen LogP) is 1.32. The third-order valence-electron chi connectivity index (χ3n) is 3.99. The molecule has 1 N–H and O–H groups in total. The van der Waals surface area contributed by atoms with Crippen molar-refractivity contribution >= 4 is 11.1 Å². The van der Waals surface area contributed by atoms with E-state index in [1.54, 1.807) is 0 Å². The molecule has 1 aliphatic rings. The summed E-state index contributed by atoms with van der Waals surface area (Å²) in [5, 5.41) is 0.318. The summed E-state index contributed by atoms with van der Waals surface area (Å²) in [7, 11) is 0. The SMILES string of the molecule is CCc1cc(=O)oc2[nH]c(=O)n(C3CCCC3)c(=O)c12. The Hall–Kier alpha value is -2.11. The van der Waals surface area contributed by atoms with Gasteiger partial charge in [0.25, 0.3) is 5.56 Å². The van der Waals surface area contributed by atoms with E-state index in [-0.39, 0.29) is 17.3 Å². The Morgan fingerprint density at radius 1 is 1.30 bits per heavy atom. The summed E-state index contributed by atoms with van der Waals surface area (Å²) >= 11 is 0. The summed E-state index contributed by atoms with van der Waals surface area (Å²) in [6.45, 7) is 1.86. The molecule has 1 aliphatic carbocycles. The average Bonchev–Trinajstić information content (AvgIpc) is 2.90. The Balaban J connectivity index is 2.39. The first kappa shape index (κ1) is 12.9. The molecule has 0 aliphatic heterocycles. The highest BCUT2D eigenvalue weighted by atomic mass is 16.4. The monoisotopic (exact) mass is 276 g/mol. The van der Waals surface area contributed by atoms with Crippen molar-refractivity contribution in [3.8, 4) is 0 Å². The van der Waals surface area contributed by atoms with Crippen molar-refractivity contribution in [3.05, 3.63) is 42.9 Å². The first-order chi connectivity index (χ1) is 9.61. The Kier molecular flexibility index (Phi) is 3.08. The van der Waals surface area contributed by atoms with Crippen LogP contribution >= 0.6 is 0 Å². The fourth-order valence-electron chi connectivity index (χ4n) is 3.01. The van der Waals surface area contributed by atoms with Crippen LogP contribution in [0.2, 0.25) is 0 Å². The molecule has 0 bridgehead atoms. The minimum absolute atomic E-state index is 0.0152. The molecule has 0 atom stereocenters. The highest BCUT2D eigenvalue weighted by Gasteiger charge is 2.23. The molecular weight excluding hydrogens is 260 g/mol. The number of aromatic amines is 1. The van der Waals surface area contributed by atoms with Crippen molar-refractivity contribution in [1.82, 2.24) is 9.55 Å². The van der Waals surface area contributed by atoms with Gasteiger partial charge in [0.05, 0.1) is 0 Å². The summed E-state index contributed by atoms with van der Waals surface area (Å²) in [6, 6.07) is 1.27. The van der Waals surface area contributed by atoms with Gasteiger partial charge in [-0.3, -0.25) is 14.3 Å². The normalized spacial score (nSPS) is 16.1. The molecule has 0 radical (unpaired) electrons. The van der Waals surface area contributed by atoms with E-state index in [0.717, 1.165) is 25.7 Å². The van der Waals surface area contributed by atoms with Gasteiger partial charge in [0.1, 0.15) is 5.39 Å². The van der Waals surface area contributed by atoms with E-state index in [9.17, 15) is 14.4 Å². The summed E-state index contributed by atoms with van der Waals surface area (Å²) in [5.74, 6) is 0. The lowest BCUT2D eigenvalue weighted by Gasteiger charge is -2.13. The Morgan fingerprint density at radius 2 is 2.00 bits per heavy atom. The van der Waals surface area contributed by atoms with E-state index < -0.39 is 11.3 Å². The summed E-state index contributed by atoms with van der Waals surface area (Å²) in [6.07, 6.45) is 4.27. The molecule has 20 heavy (non-hydrogen) atoms. The topological polar surface area (TPSA) is 85.1 Å². The Morgan fingerprint density at radius 3 is 2.65 bits per heavy atom. The lowest BCUT2D eigenvalue weighted by molar-refractivity contribution is 0.473. The zero-order valence-electron chi connectivity index (χ0n) is 11.3. The number of aryl methyl sites for hydroxylation is 1. The number of fused-ring (bicyclic) bond motifs is 1.